The molecule has 2 aromatic rings. The molecule has 0 saturated carbocycles. The molecule has 2 fully saturated rings. The molecular formula is C18H24N4O3S. The maximum Gasteiger partial charge on any atom is 0.270 e. The fraction of sp³-hybridized carbons (Fsp3) is 0.556. The molecule has 4 heterocycles. The minimum Gasteiger partial charge on any atom is -0.348 e. The monoisotopic (exact) mass is 376 g/mol. The highest BCUT2D eigenvalue weighted by molar-refractivity contribution is 7.91. The Hall–Kier alpha value is -1.93. The van der Waals surface area contributed by atoms with Crippen molar-refractivity contribution in [3.63, 3.8) is 0 Å². The average molecular weight is 376 g/mol. The molecule has 1 N–H and O–H groups in total. The highest BCUT2D eigenvalue weighted by atomic mass is 32.2. The number of pyridine rings is 1. The van der Waals surface area contributed by atoms with Gasteiger partial charge in [-0.05, 0) is 38.3 Å². The molecule has 8 heteroatoms. The minimum absolute atomic E-state index is 0.0944. The Balaban J connectivity index is 1.38. The Labute approximate surface area is 153 Å². The lowest BCUT2D eigenvalue weighted by atomic mass is 10.0. The molecule has 2 aliphatic rings. The summed E-state index contributed by atoms with van der Waals surface area (Å²) in [4.78, 5) is 19.5. The van der Waals surface area contributed by atoms with Crippen LogP contribution in [0.25, 0.3) is 5.65 Å². The van der Waals surface area contributed by atoms with Crippen LogP contribution in [0.5, 0.6) is 0 Å². The van der Waals surface area contributed by atoms with Crippen LogP contribution in [-0.2, 0) is 9.84 Å². The summed E-state index contributed by atoms with van der Waals surface area (Å²) < 4.78 is 25.2. The molecule has 1 amide bonds. The number of imidazole rings is 1. The molecule has 4 rings (SSSR count). The van der Waals surface area contributed by atoms with E-state index >= 15 is 0 Å². The molecule has 2 saturated heterocycles. The number of likely N-dealkylation sites (tertiary alicyclic amines) is 1. The number of amides is 1. The molecule has 140 valence electrons. The lowest BCUT2D eigenvalue weighted by molar-refractivity contribution is 0.0891. The fourth-order valence-corrected chi connectivity index (χ4v) is 5.87. The van der Waals surface area contributed by atoms with E-state index in [0.29, 0.717) is 11.4 Å². The number of aromatic nitrogens is 2. The van der Waals surface area contributed by atoms with Crippen molar-refractivity contribution >= 4 is 21.4 Å². The standard InChI is InChI=1S/C18H24N4O3S/c1-13-17(22-8-3-2-4-16(22)19-13)18(23)20-14-5-9-21(10-6-14)15-7-11-26(24,25)12-15/h2-4,8,14-15H,5-7,9-12H2,1H3,(H,20,23). The number of carbonyl (C=O) groups excluding carboxylic acids is 1. The van der Waals surface area contributed by atoms with E-state index in [2.05, 4.69) is 15.2 Å². The van der Waals surface area contributed by atoms with Crippen molar-refractivity contribution < 1.29 is 13.2 Å². The minimum atomic E-state index is -2.85. The number of sulfone groups is 1. The Kier molecular flexibility index (Phi) is 4.48. The van der Waals surface area contributed by atoms with Gasteiger partial charge in [-0.1, -0.05) is 6.07 Å². The van der Waals surface area contributed by atoms with Crippen LogP contribution in [0.2, 0.25) is 0 Å². The Bertz CT molecular complexity index is 929. The molecular weight excluding hydrogens is 352 g/mol. The molecule has 0 aliphatic carbocycles. The third-order valence-corrected chi connectivity index (χ3v) is 7.26. The predicted molar refractivity (Wildman–Crippen MR) is 99.0 cm³/mol. The second kappa shape index (κ2) is 6.66. The number of carbonyl (C=O) groups is 1. The number of hydrogen-bond acceptors (Lipinski definition) is 5. The second-order valence-corrected chi connectivity index (χ2v) is 9.54. The highest BCUT2D eigenvalue weighted by Crippen LogP contribution is 2.22. The number of rotatable bonds is 3. The van der Waals surface area contributed by atoms with Gasteiger partial charge in [0.25, 0.3) is 5.91 Å². The van der Waals surface area contributed by atoms with Crippen LogP contribution in [-0.4, -0.2) is 65.3 Å². The van der Waals surface area contributed by atoms with Gasteiger partial charge in [0.15, 0.2) is 9.84 Å². The summed E-state index contributed by atoms with van der Waals surface area (Å²) >= 11 is 0. The number of aryl methyl sites for hydroxylation is 1. The summed E-state index contributed by atoms with van der Waals surface area (Å²) in [6, 6.07) is 5.95. The zero-order chi connectivity index (χ0) is 18.3. The fourth-order valence-electron chi connectivity index (χ4n) is 4.11. The van der Waals surface area contributed by atoms with Crippen molar-refractivity contribution in [2.24, 2.45) is 0 Å². The van der Waals surface area contributed by atoms with Gasteiger partial charge < -0.3 is 5.32 Å². The molecule has 2 aliphatic heterocycles. The maximum absolute atomic E-state index is 12.8. The Morgan fingerprint density at radius 1 is 1.23 bits per heavy atom. The molecule has 1 unspecified atom stereocenters. The van der Waals surface area contributed by atoms with Gasteiger partial charge in [0.1, 0.15) is 11.3 Å². The van der Waals surface area contributed by atoms with E-state index in [1.54, 1.807) is 0 Å². The summed E-state index contributed by atoms with van der Waals surface area (Å²) in [7, 11) is -2.85. The number of piperidine rings is 1. The lowest BCUT2D eigenvalue weighted by Crippen LogP contribution is -2.48. The number of fused-ring (bicyclic) bond motifs is 1. The molecule has 0 spiro atoms. The average Bonchev–Trinajstić information content (AvgIpc) is 3.14. The SMILES string of the molecule is Cc1nc2ccccn2c1C(=O)NC1CCN(C2CCS(=O)(=O)C2)CC1. The van der Waals surface area contributed by atoms with E-state index < -0.39 is 9.84 Å². The summed E-state index contributed by atoms with van der Waals surface area (Å²) in [5.74, 6) is 0.496. The van der Waals surface area contributed by atoms with Crippen molar-refractivity contribution in [1.29, 1.82) is 0 Å². The van der Waals surface area contributed by atoms with Crippen LogP contribution in [0.1, 0.15) is 35.4 Å². The van der Waals surface area contributed by atoms with Crippen LogP contribution >= 0.6 is 0 Å². The molecule has 0 bridgehead atoms. The van der Waals surface area contributed by atoms with E-state index in [9.17, 15) is 13.2 Å². The smallest absolute Gasteiger partial charge is 0.270 e. The van der Waals surface area contributed by atoms with Gasteiger partial charge in [-0.3, -0.25) is 14.1 Å². The highest BCUT2D eigenvalue weighted by Gasteiger charge is 2.34. The van der Waals surface area contributed by atoms with Crippen LogP contribution in [0.3, 0.4) is 0 Å². The van der Waals surface area contributed by atoms with Crippen molar-refractivity contribution in [2.45, 2.75) is 38.3 Å². The Morgan fingerprint density at radius 3 is 2.69 bits per heavy atom. The van der Waals surface area contributed by atoms with Crippen LogP contribution in [0, 0.1) is 6.92 Å². The van der Waals surface area contributed by atoms with Gasteiger partial charge in [-0.15, -0.1) is 0 Å². The van der Waals surface area contributed by atoms with Crippen molar-refractivity contribution in [3.05, 3.63) is 35.8 Å². The quantitative estimate of drug-likeness (QED) is 0.865. The van der Waals surface area contributed by atoms with Crippen LogP contribution in [0.15, 0.2) is 24.4 Å². The first-order valence-corrected chi connectivity index (χ1v) is 10.9. The van der Waals surface area contributed by atoms with Gasteiger partial charge in [0, 0.05) is 31.4 Å². The van der Waals surface area contributed by atoms with Gasteiger partial charge in [-0.25, -0.2) is 13.4 Å². The summed E-state index contributed by atoms with van der Waals surface area (Å²) in [5, 5.41) is 3.14. The summed E-state index contributed by atoms with van der Waals surface area (Å²) in [6.07, 6.45) is 4.28. The third kappa shape index (κ3) is 3.35. The normalized spacial score (nSPS) is 24.1. The molecule has 7 nitrogen and oxygen atoms in total. The van der Waals surface area contributed by atoms with Crippen molar-refractivity contribution in [1.82, 2.24) is 19.6 Å². The van der Waals surface area contributed by atoms with Gasteiger partial charge >= 0.3 is 0 Å². The second-order valence-electron chi connectivity index (χ2n) is 7.32. The van der Waals surface area contributed by atoms with E-state index in [4.69, 9.17) is 0 Å². The first-order valence-electron chi connectivity index (χ1n) is 9.12. The number of hydrogen-bond donors (Lipinski definition) is 1. The topological polar surface area (TPSA) is 83.8 Å². The first-order chi connectivity index (χ1) is 12.4. The molecule has 0 radical (unpaired) electrons. The Morgan fingerprint density at radius 2 is 2.00 bits per heavy atom. The number of nitrogens with one attached hydrogen (secondary N) is 1. The van der Waals surface area contributed by atoms with E-state index in [0.717, 1.165) is 43.7 Å². The summed E-state index contributed by atoms with van der Waals surface area (Å²) in [5.41, 5.74) is 2.08. The van der Waals surface area contributed by atoms with Crippen molar-refractivity contribution in [2.75, 3.05) is 24.6 Å². The molecule has 2 aromatic heterocycles. The van der Waals surface area contributed by atoms with E-state index in [1.165, 1.54) is 0 Å². The van der Waals surface area contributed by atoms with E-state index in [1.807, 2.05) is 35.7 Å². The zero-order valence-corrected chi connectivity index (χ0v) is 15.7. The first kappa shape index (κ1) is 17.5. The van der Waals surface area contributed by atoms with Gasteiger partial charge in [0.05, 0.1) is 17.2 Å². The molecule has 0 aromatic carbocycles. The lowest BCUT2D eigenvalue weighted by Gasteiger charge is -2.35. The van der Waals surface area contributed by atoms with Gasteiger partial charge in [-0.2, -0.15) is 0 Å². The predicted octanol–water partition coefficient (Wildman–Crippen LogP) is 1.02. The van der Waals surface area contributed by atoms with E-state index in [-0.39, 0.29) is 23.7 Å². The largest absolute Gasteiger partial charge is 0.348 e. The zero-order valence-electron chi connectivity index (χ0n) is 14.9. The number of nitrogens with zero attached hydrogens (tertiary/aromatic N) is 3. The maximum atomic E-state index is 12.8. The van der Waals surface area contributed by atoms with Crippen LogP contribution in [0.4, 0.5) is 0 Å². The molecule has 26 heavy (non-hydrogen) atoms. The van der Waals surface area contributed by atoms with Gasteiger partial charge in [0.2, 0.25) is 0 Å². The van der Waals surface area contributed by atoms with Crippen LogP contribution < -0.4 is 5.32 Å². The summed E-state index contributed by atoms with van der Waals surface area (Å²) in [6.45, 7) is 3.51. The third-order valence-electron chi connectivity index (χ3n) is 5.51. The van der Waals surface area contributed by atoms with Crippen molar-refractivity contribution in [3.8, 4) is 0 Å². The molecule has 1 atom stereocenters.